The molecule has 0 unspecified atom stereocenters. The second kappa shape index (κ2) is 10.5. The van der Waals surface area contributed by atoms with Gasteiger partial charge in [-0.15, -0.1) is 0 Å². The molecule has 1 N–H and O–H groups in total. The zero-order valence-electron chi connectivity index (χ0n) is 18.5. The molecule has 1 fully saturated rings. The lowest BCUT2D eigenvalue weighted by Crippen LogP contribution is -2.29. The van der Waals surface area contributed by atoms with Crippen LogP contribution in [0.2, 0.25) is 5.02 Å². The van der Waals surface area contributed by atoms with Crippen LogP contribution < -0.4 is 10.2 Å². The van der Waals surface area contributed by atoms with Crippen molar-refractivity contribution in [2.75, 3.05) is 37.4 Å². The molecule has 8 heteroatoms. The van der Waals surface area contributed by atoms with Crippen LogP contribution in [0.15, 0.2) is 59.6 Å². The molecule has 3 aromatic rings. The number of hydrogen-bond acceptors (Lipinski definition) is 6. The quantitative estimate of drug-likeness (QED) is 0.233. The number of rotatable bonds is 8. The van der Waals surface area contributed by atoms with E-state index in [9.17, 15) is 4.79 Å². The number of carbonyl (C=O) groups excluding carboxylic acids is 1. The number of amides is 1. The van der Waals surface area contributed by atoms with E-state index in [0.29, 0.717) is 20.8 Å². The molecule has 0 saturated carbocycles. The summed E-state index contributed by atoms with van der Waals surface area (Å²) in [4.78, 5) is 21.7. The van der Waals surface area contributed by atoms with Crippen molar-refractivity contribution in [3.63, 3.8) is 0 Å². The first-order valence-corrected chi connectivity index (χ1v) is 12.3. The fourth-order valence-corrected chi connectivity index (χ4v) is 5.08. The van der Waals surface area contributed by atoms with E-state index in [4.69, 9.17) is 23.8 Å². The maximum Gasteiger partial charge on any atom is 0.266 e. The van der Waals surface area contributed by atoms with Crippen LogP contribution in [0, 0.1) is 0 Å². The van der Waals surface area contributed by atoms with E-state index in [1.807, 2.05) is 73.6 Å². The standard InChI is InChI=1S/C25H25ClN4OS2/c1-29(2)19-8-5-17(6-9-19)15-23-24(31)30(25(32)33-23)14-4-3-12-27-21-11-13-28-22-16-18(26)7-10-20(21)22/h5-11,13,15-16H,3-4,12,14H2,1-2H3,(H,27,28)/b23-15-. The third-order valence-corrected chi connectivity index (χ3v) is 7.02. The molecule has 0 radical (unpaired) electrons. The summed E-state index contributed by atoms with van der Waals surface area (Å²) >= 11 is 12.9. The first-order chi connectivity index (χ1) is 15.9. The Labute approximate surface area is 208 Å². The Kier molecular flexibility index (Phi) is 7.53. The average Bonchev–Trinajstić information content (AvgIpc) is 3.06. The normalized spacial score (nSPS) is 15.0. The summed E-state index contributed by atoms with van der Waals surface area (Å²) in [6, 6.07) is 15.8. The van der Waals surface area contributed by atoms with Crippen molar-refractivity contribution >= 4 is 74.2 Å². The van der Waals surface area contributed by atoms with Crippen LogP contribution >= 0.6 is 35.6 Å². The summed E-state index contributed by atoms with van der Waals surface area (Å²) < 4.78 is 0.626. The number of thiocarbonyl (C=S) groups is 1. The van der Waals surface area contributed by atoms with Crippen molar-refractivity contribution in [3.05, 3.63) is 70.2 Å². The zero-order chi connectivity index (χ0) is 23.4. The predicted molar refractivity (Wildman–Crippen MR) is 145 cm³/mol. The van der Waals surface area contributed by atoms with Crippen LogP contribution in [0.5, 0.6) is 0 Å². The molecule has 0 spiro atoms. The molecule has 1 aliphatic heterocycles. The lowest BCUT2D eigenvalue weighted by Gasteiger charge is -2.15. The highest BCUT2D eigenvalue weighted by molar-refractivity contribution is 8.26. The molecule has 2 aromatic carbocycles. The van der Waals surface area contributed by atoms with Crippen LogP contribution in [0.25, 0.3) is 17.0 Å². The smallest absolute Gasteiger partial charge is 0.266 e. The minimum atomic E-state index is -0.00773. The average molecular weight is 497 g/mol. The summed E-state index contributed by atoms with van der Waals surface area (Å²) in [6.07, 6.45) is 5.47. The molecule has 33 heavy (non-hydrogen) atoms. The molecule has 5 nitrogen and oxygen atoms in total. The highest BCUT2D eigenvalue weighted by Crippen LogP contribution is 2.33. The van der Waals surface area contributed by atoms with Gasteiger partial charge in [-0.3, -0.25) is 14.7 Å². The van der Waals surface area contributed by atoms with E-state index < -0.39 is 0 Å². The van der Waals surface area contributed by atoms with Crippen LogP contribution in [0.3, 0.4) is 0 Å². The van der Waals surface area contributed by atoms with Crippen molar-refractivity contribution in [3.8, 4) is 0 Å². The summed E-state index contributed by atoms with van der Waals surface area (Å²) in [5, 5.41) is 5.19. The summed E-state index contributed by atoms with van der Waals surface area (Å²) in [5.74, 6) is -0.00773. The van der Waals surface area contributed by atoms with E-state index >= 15 is 0 Å². The Bertz CT molecular complexity index is 1210. The molecule has 1 amide bonds. The Morgan fingerprint density at radius 2 is 1.94 bits per heavy atom. The van der Waals surface area contributed by atoms with E-state index in [1.54, 1.807) is 11.1 Å². The minimum absolute atomic E-state index is 0.00773. The summed E-state index contributed by atoms with van der Waals surface area (Å²) in [5.41, 5.74) is 4.02. The number of nitrogens with one attached hydrogen (secondary N) is 1. The fraction of sp³-hybridized carbons (Fsp3) is 0.240. The molecular formula is C25H25ClN4OS2. The number of aromatic nitrogens is 1. The van der Waals surface area contributed by atoms with Crippen LogP contribution in [0.4, 0.5) is 11.4 Å². The third kappa shape index (κ3) is 5.66. The molecule has 170 valence electrons. The van der Waals surface area contributed by atoms with Gasteiger partial charge >= 0.3 is 0 Å². The van der Waals surface area contributed by atoms with Gasteiger partial charge in [0.2, 0.25) is 0 Å². The minimum Gasteiger partial charge on any atom is -0.384 e. The Balaban J connectivity index is 1.29. The molecular weight excluding hydrogens is 472 g/mol. The third-order valence-electron chi connectivity index (χ3n) is 5.41. The van der Waals surface area contributed by atoms with Gasteiger partial charge in [-0.25, -0.2) is 0 Å². The Morgan fingerprint density at radius 3 is 2.70 bits per heavy atom. The van der Waals surface area contributed by atoms with Gasteiger partial charge in [-0.05, 0) is 60.9 Å². The predicted octanol–water partition coefficient (Wildman–Crippen LogP) is 6.05. The number of fused-ring (bicyclic) bond motifs is 1. The van der Waals surface area contributed by atoms with E-state index in [-0.39, 0.29) is 5.91 Å². The molecule has 1 saturated heterocycles. The number of carbonyl (C=O) groups is 1. The Hall–Kier alpha value is -2.61. The number of anilines is 2. The molecule has 1 aliphatic rings. The fourth-order valence-electron chi connectivity index (χ4n) is 3.61. The van der Waals surface area contributed by atoms with Crippen molar-refractivity contribution < 1.29 is 4.79 Å². The lowest BCUT2D eigenvalue weighted by atomic mass is 10.2. The number of thioether (sulfide) groups is 1. The first-order valence-electron chi connectivity index (χ1n) is 10.7. The lowest BCUT2D eigenvalue weighted by molar-refractivity contribution is -0.122. The number of hydrogen-bond donors (Lipinski definition) is 1. The first kappa shape index (κ1) is 23.5. The molecule has 2 heterocycles. The zero-order valence-corrected chi connectivity index (χ0v) is 20.9. The molecule has 0 bridgehead atoms. The van der Waals surface area contributed by atoms with E-state index in [0.717, 1.165) is 47.2 Å². The number of benzene rings is 2. The van der Waals surface area contributed by atoms with Crippen molar-refractivity contribution in [1.29, 1.82) is 0 Å². The second-order valence-electron chi connectivity index (χ2n) is 7.97. The number of nitrogens with zero attached hydrogens (tertiary/aromatic N) is 3. The molecule has 0 atom stereocenters. The summed E-state index contributed by atoms with van der Waals surface area (Å²) in [6.45, 7) is 1.42. The van der Waals surface area contributed by atoms with Gasteiger partial charge in [0.1, 0.15) is 4.32 Å². The van der Waals surface area contributed by atoms with Crippen molar-refractivity contribution in [1.82, 2.24) is 9.88 Å². The number of unbranched alkanes of at least 4 members (excludes halogenated alkanes) is 1. The van der Waals surface area contributed by atoms with Gasteiger partial charge in [0, 0.05) is 55.2 Å². The maximum atomic E-state index is 12.9. The van der Waals surface area contributed by atoms with E-state index in [2.05, 4.69) is 10.3 Å². The summed E-state index contributed by atoms with van der Waals surface area (Å²) in [7, 11) is 4.01. The van der Waals surface area contributed by atoms with Crippen LogP contribution in [-0.2, 0) is 4.79 Å². The Morgan fingerprint density at radius 1 is 1.15 bits per heavy atom. The molecule has 1 aromatic heterocycles. The SMILES string of the molecule is CN(C)c1ccc(/C=C2\SC(=S)N(CCCCNc3ccnc4cc(Cl)ccc34)C2=O)cc1. The second-order valence-corrected chi connectivity index (χ2v) is 10.1. The topological polar surface area (TPSA) is 48.5 Å². The number of pyridine rings is 1. The highest BCUT2D eigenvalue weighted by Gasteiger charge is 2.31. The maximum absolute atomic E-state index is 12.9. The van der Waals surface area contributed by atoms with Gasteiger partial charge < -0.3 is 10.2 Å². The highest BCUT2D eigenvalue weighted by atomic mass is 35.5. The van der Waals surface area contributed by atoms with Gasteiger partial charge in [0.15, 0.2) is 0 Å². The van der Waals surface area contributed by atoms with Gasteiger partial charge in [0.05, 0.1) is 10.4 Å². The monoisotopic (exact) mass is 496 g/mol. The van der Waals surface area contributed by atoms with Crippen molar-refractivity contribution in [2.24, 2.45) is 0 Å². The van der Waals surface area contributed by atoms with Crippen LogP contribution in [-0.4, -0.2) is 47.3 Å². The van der Waals surface area contributed by atoms with Gasteiger partial charge in [-0.2, -0.15) is 0 Å². The van der Waals surface area contributed by atoms with Gasteiger partial charge in [0.25, 0.3) is 5.91 Å². The van der Waals surface area contributed by atoms with Gasteiger partial charge in [-0.1, -0.05) is 47.7 Å². The molecule has 0 aliphatic carbocycles. The van der Waals surface area contributed by atoms with Crippen molar-refractivity contribution in [2.45, 2.75) is 12.8 Å². The molecule has 4 rings (SSSR count). The number of halogens is 1. The largest absolute Gasteiger partial charge is 0.384 e. The van der Waals surface area contributed by atoms with E-state index in [1.165, 1.54) is 11.8 Å². The van der Waals surface area contributed by atoms with Crippen LogP contribution in [0.1, 0.15) is 18.4 Å².